The minimum absolute atomic E-state index is 0.212. The molecule has 0 saturated carbocycles. The van der Waals surface area contributed by atoms with Crippen LogP contribution in [0.3, 0.4) is 0 Å². The van der Waals surface area contributed by atoms with Crippen molar-refractivity contribution in [3.8, 4) is 17.0 Å². The van der Waals surface area contributed by atoms with Crippen molar-refractivity contribution in [3.63, 3.8) is 0 Å². The third-order valence-corrected chi connectivity index (χ3v) is 3.76. The molecule has 0 atom stereocenters. The maximum absolute atomic E-state index is 12.1. The summed E-state index contributed by atoms with van der Waals surface area (Å²) in [5.41, 5.74) is 0.810. The molecule has 0 aliphatic rings. The SMILES string of the molecule is COc1ccc2oc(=O)c(-c3csc(NC(C)=O)n3)cc2c1. The van der Waals surface area contributed by atoms with Crippen LogP contribution in [-0.4, -0.2) is 18.0 Å². The molecule has 112 valence electrons. The summed E-state index contributed by atoms with van der Waals surface area (Å²) in [6.45, 7) is 1.40. The van der Waals surface area contributed by atoms with Gasteiger partial charge in [-0.1, -0.05) is 0 Å². The highest BCUT2D eigenvalue weighted by molar-refractivity contribution is 7.14. The number of anilines is 1. The lowest BCUT2D eigenvalue weighted by Crippen LogP contribution is -2.06. The van der Waals surface area contributed by atoms with E-state index in [1.54, 1.807) is 36.8 Å². The molecule has 1 aromatic carbocycles. The monoisotopic (exact) mass is 316 g/mol. The predicted octanol–water partition coefficient (Wildman–Crippen LogP) is 2.88. The largest absolute Gasteiger partial charge is 0.497 e. The Hall–Kier alpha value is -2.67. The Kier molecular flexibility index (Phi) is 3.64. The smallest absolute Gasteiger partial charge is 0.345 e. The first-order chi connectivity index (χ1) is 10.6. The lowest BCUT2D eigenvalue weighted by molar-refractivity contribution is -0.114. The molecule has 0 fully saturated rings. The van der Waals surface area contributed by atoms with Crippen molar-refractivity contribution in [3.05, 3.63) is 40.1 Å². The normalized spacial score (nSPS) is 10.6. The highest BCUT2D eigenvalue weighted by atomic mass is 32.1. The van der Waals surface area contributed by atoms with E-state index in [9.17, 15) is 9.59 Å². The number of amides is 1. The number of rotatable bonds is 3. The number of thiazole rings is 1. The summed E-state index contributed by atoms with van der Waals surface area (Å²) < 4.78 is 10.5. The third-order valence-electron chi connectivity index (χ3n) is 3.00. The van der Waals surface area contributed by atoms with E-state index in [-0.39, 0.29) is 5.91 Å². The molecule has 7 heteroatoms. The molecule has 1 amide bonds. The Balaban J connectivity index is 2.09. The maximum atomic E-state index is 12.1. The van der Waals surface area contributed by atoms with Crippen LogP contribution in [0.1, 0.15) is 6.92 Å². The quantitative estimate of drug-likeness (QED) is 0.751. The molecular formula is C15H12N2O4S. The van der Waals surface area contributed by atoms with Crippen LogP contribution in [-0.2, 0) is 4.79 Å². The van der Waals surface area contributed by atoms with Crippen molar-refractivity contribution in [1.82, 2.24) is 4.98 Å². The van der Waals surface area contributed by atoms with E-state index in [0.29, 0.717) is 27.7 Å². The van der Waals surface area contributed by atoms with Gasteiger partial charge in [-0.2, -0.15) is 0 Å². The molecule has 1 N–H and O–H groups in total. The molecule has 0 aliphatic heterocycles. The van der Waals surface area contributed by atoms with Crippen molar-refractivity contribution < 1.29 is 13.9 Å². The minimum atomic E-state index is -0.475. The van der Waals surface area contributed by atoms with Crippen LogP contribution in [0, 0.1) is 0 Å². The molecule has 0 bridgehead atoms. The van der Waals surface area contributed by atoms with E-state index in [1.165, 1.54) is 18.3 Å². The van der Waals surface area contributed by atoms with Crippen LogP contribution >= 0.6 is 11.3 Å². The number of nitrogens with one attached hydrogen (secondary N) is 1. The van der Waals surface area contributed by atoms with Crippen molar-refractivity contribution in [2.75, 3.05) is 12.4 Å². The Morgan fingerprint density at radius 1 is 1.36 bits per heavy atom. The molecule has 0 saturated heterocycles. The van der Waals surface area contributed by atoms with Crippen molar-refractivity contribution >= 4 is 33.3 Å². The summed E-state index contributed by atoms with van der Waals surface area (Å²) in [5.74, 6) is 0.459. The summed E-state index contributed by atoms with van der Waals surface area (Å²) in [7, 11) is 1.57. The van der Waals surface area contributed by atoms with E-state index in [1.807, 2.05) is 0 Å². The molecule has 6 nitrogen and oxygen atoms in total. The fraction of sp³-hybridized carbons (Fsp3) is 0.133. The molecule has 0 spiro atoms. The van der Waals surface area contributed by atoms with E-state index in [0.717, 1.165) is 5.39 Å². The van der Waals surface area contributed by atoms with Crippen LogP contribution in [0.4, 0.5) is 5.13 Å². The van der Waals surface area contributed by atoms with Gasteiger partial charge in [0, 0.05) is 17.7 Å². The highest BCUT2D eigenvalue weighted by Crippen LogP contribution is 2.26. The van der Waals surface area contributed by atoms with Crippen LogP contribution in [0.2, 0.25) is 0 Å². The van der Waals surface area contributed by atoms with E-state index >= 15 is 0 Å². The number of aromatic nitrogens is 1. The fourth-order valence-electron chi connectivity index (χ4n) is 2.01. The van der Waals surface area contributed by atoms with Gasteiger partial charge in [-0.15, -0.1) is 11.3 Å². The van der Waals surface area contributed by atoms with Gasteiger partial charge in [-0.05, 0) is 24.3 Å². The van der Waals surface area contributed by atoms with Gasteiger partial charge < -0.3 is 14.5 Å². The van der Waals surface area contributed by atoms with Gasteiger partial charge in [0.2, 0.25) is 5.91 Å². The first-order valence-corrected chi connectivity index (χ1v) is 7.30. The van der Waals surface area contributed by atoms with Crippen LogP contribution in [0.15, 0.2) is 38.9 Å². The zero-order valence-electron chi connectivity index (χ0n) is 11.9. The van der Waals surface area contributed by atoms with Crippen LogP contribution < -0.4 is 15.7 Å². The van der Waals surface area contributed by atoms with E-state index in [4.69, 9.17) is 9.15 Å². The van der Waals surface area contributed by atoms with Crippen LogP contribution in [0.5, 0.6) is 5.75 Å². The average molecular weight is 316 g/mol. The molecule has 22 heavy (non-hydrogen) atoms. The van der Waals surface area contributed by atoms with Crippen molar-refractivity contribution in [2.45, 2.75) is 6.92 Å². The molecule has 3 rings (SSSR count). The Morgan fingerprint density at radius 2 is 2.18 bits per heavy atom. The summed E-state index contributed by atoms with van der Waals surface area (Å²) in [6, 6.07) is 6.89. The second-order valence-electron chi connectivity index (χ2n) is 4.57. The molecule has 2 heterocycles. The zero-order valence-corrected chi connectivity index (χ0v) is 12.7. The van der Waals surface area contributed by atoms with Gasteiger partial charge in [-0.3, -0.25) is 4.79 Å². The number of hydrogen-bond donors (Lipinski definition) is 1. The molecule has 0 aliphatic carbocycles. The fourth-order valence-corrected chi connectivity index (χ4v) is 2.77. The average Bonchev–Trinajstić information content (AvgIpc) is 2.93. The maximum Gasteiger partial charge on any atom is 0.345 e. The lowest BCUT2D eigenvalue weighted by Gasteiger charge is -2.03. The van der Waals surface area contributed by atoms with Gasteiger partial charge in [0.05, 0.1) is 18.4 Å². The summed E-state index contributed by atoms with van der Waals surface area (Å²) >= 11 is 1.25. The lowest BCUT2D eigenvalue weighted by atomic mass is 10.1. The number of hydrogen-bond acceptors (Lipinski definition) is 6. The number of nitrogens with zero attached hydrogens (tertiary/aromatic N) is 1. The summed E-state index contributed by atoms with van der Waals surface area (Å²) in [4.78, 5) is 27.4. The van der Waals surface area contributed by atoms with E-state index < -0.39 is 5.63 Å². The molecule has 3 aromatic rings. The van der Waals surface area contributed by atoms with Crippen molar-refractivity contribution in [1.29, 1.82) is 0 Å². The van der Waals surface area contributed by atoms with Crippen molar-refractivity contribution in [2.24, 2.45) is 0 Å². The zero-order chi connectivity index (χ0) is 15.7. The topological polar surface area (TPSA) is 81.4 Å². The number of ether oxygens (including phenoxy) is 1. The first-order valence-electron chi connectivity index (χ1n) is 6.42. The third kappa shape index (κ3) is 2.71. The number of benzene rings is 1. The number of methoxy groups -OCH3 is 1. The van der Waals surface area contributed by atoms with E-state index in [2.05, 4.69) is 10.3 Å². The standard InChI is InChI=1S/C15H12N2O4S/c1-8(18)16-15-17-12(7-22-15)11-6-9-5-10(20-2)3-4-13(9)21-14(11)19/h3-7H,1-2H3,(H,16,17,18). The Morgan fingerprint density at radius 3 is 2.91 bits per heavy atom. The molecular weight excluding hydrogens is 304 g/mol. The van der Waals surface area contributed by atoms with Gasteiger partial charge >= 0.3 is 5.63 Å². The first kappa shape index (κ1) is 14.3. The second-order valence-corrected chi connectivity index (χ2v) is 5.43. The summed E-state index contributed by atoms with van der Waals surface area (Å²) in [5, 5.41) is 5.46. The van der Waals surface area contributed by atoms with Crippen LogP contribution in [0.25, 0.3) is 22.2 Å². The minimum Gasteiger partial charge on any atom is -0.497 e. The summed E-state index contributed by atoms with van der Waals surface area (Å²) in [6.07, 6.45) is 0. The number of carbonyl (C=O) groups excluding carboxylic acids is 1. The van der Waals surface area contributed by atoms with Gasteiger partial charge in [-0.25, -0.2) is 9.78 Å². The molecule has 0 radical (unpaired) electrons. The van der Waals surface area contributed by atoms with Gasteiger partial charge in [0.25, 0.3) is 0 Å². The number of carbonyl (C=O) groups is 1. The molecule has 2 aromatic heterocycles. The Labute approximate surface area is 129 Å². The molecule has 0 unspecified atom stereocenters. The predicted molar refractivity (Wildman–Crippen MR) is 84.4 cm³/mol. The Bertz CT molecular complexity index is 913. The highest BCUT2D eigenvalue weighted by Gasteiger charge is 2.12. The van der Waals surface area contributed by atoms with Gasteiger partial charge in [0.1, 0.15) is 11.3 Å². The second kappa shape index (κ2) is 5.61. The van der Waals surface area contributed by atoms with Gasteiger partial charge in [0.15, 0.2) is 5.13 Å². The number of fused-ring (bicyclic) bond motifs is 1.